The number of hydrogen-bond donors (Lipinski definition) is 0. The summed E-state index contributed by atoms with van der Waals surface area (Å²) < 4.78 is 28.9. The molecule has 0 aromatic heterocycles. The molecule has 0 amide bonds. The van der Waals surface area contributed by atoms with Gasteiger partial charge in [0.15, 0.2) is 5.75 Å². The van der Waals surface area contributed by atoms with E-state index in [1.165, 1.54) is 6.26 Å². The van der Waals surface area contributed by atoms with Gasteiger partial charge in [-0.05, 0) is 24.3 Å². The highest BCUT2D eigenvalue weighted by atomic mass is 32.2. The van der Waals surface area contributed by atoms with Gasteiger partial charge in [0.1, 0.15) is 27.1 Å². The van der Waals surface area contributed by atoms with Crippen molar-refractivity contribution < 1.29 is 13.2 Å². The zero-order chi connectivity index (χ0) is 18.9. The first-order valence-electron chi connectivity index (χ1n) is 9.10. The molecule has 4 rings (SSSR count). The Morgan fingerprint density at radius 2 is 1.63 bits per heavy atom. The molecule has 0 bridgehead atoms. The molecule has 0 radical (unpaired) electrons. The van der Waals surface area contributed by atoms with Crippen LogP contribution in [0.15, 0.2) is 53.5 Å². The summed E-state index contributed by atoms with van der Waals surface area (Å²) in [7, 11) is -2.93. The van der Waals surface area contributed by atoms with Crippen molar-refractivity contribution in [3.8, 4) is 11.5 Å². The highest BCUT2D eigenvalue weighted by Crippen LogP contribution is 2.37. The van der Waals surface area contributed by atoms with Crippen molar-refractivity contribution in [3.05, 3.63) is 54.1 Å². The van der Waals surface area contributed by atoms with E-state index >= 15 is 0 Å². The zero-order valence-electron chi connectivity index (χ0n) is 15.3. The number of nitrogens with zero attached hydrogens (tertiary/aromatic N) is 3. The lowest BCUT2D eigenvalue weighted by Crippen LogP contribution is -2.49. The Balaban J connectivity index is 1.57. The summed E-state index contributed by atoms with van der Waals surface area (Å²) in [5.74, 6) is 2.68. The van der Waals surface area contributed by atoms with Crippen LogP contribution in [0, 0.1) is 0 Å². The van der Waals surface area contributed by atoms with Crippen molar-refractivity contribution in [2.45, 2.75) is 0 Å². The van der Waals surface area contributed by atoms with E-state index in [9.17, 15) is 8.42 Å². The molecule has 0 atom stereocenters. The van der Waals surface area contributed by atoms with Gasteiger partial charge in [0, 0.05) is 39.0 Å². The third-order valence-corrected chi connectivity index (χ3v) is 5.81. The molecule has 0 saturated carbocycles. The van der Waals surface area contributed by atoms with E-state index in [0.717, 1.165) is 54.8 Å². The molecular formula is C20H23N3O3S. The maximum absolute atomic E-state index is 11.4. The largest absolute Gasteiger partial charge is 0.454 e. The monoisotopic (exact) mass is 385 g/mol. The van der Waals surface area contributed by atoms with Gasteiger partial charge in [-0.1, -0.05) is 24.3 Å². The number of amidine groups is 1. The summed E-state index contributed by atoms with van der Waals surface area (Å²) in [5.41, 5.74) is 1.81. The average molecular weight is 385 g/mol. The molecular weight excluding hydrogens is 362 g/mol. The lowest BCUT2D eigenvalue weighted by atomic mass is 10.1. The number of rotatable bonds is 3. The van der Waals surface area contributed by atoms with Crippen LogP contribution < -0.4 is 4.74 Å². The molecule has 0 spiro atoms. The maximum Gasteiger partial charge on any atom is 0.153 e. The first-order valence-corrected chi connectivity index (χ1v) is 11.2. The molecule has 0 aliphatic carbocycles. The van der Waals surface area contributed by atoms with Crippen LogP contribution in [0.1, 0.15) is 5.56 Å². The van der Waals surface area contributed by atoms with Crippen LogP contribution in [-0.2, 0) is 9.84 Å². The lowest BCUT2D eigenvalue weighted by Gasteiger charge is -2.36. The van der Waals surface area contributed by atoms with Gasteiger partial charge in [0.2, 0.25) is 0 Å². The van der Waals surface area contributed by atoms with Crippen molar-refractivity contribution in [2.75, 3.05) is 44.7 Å². The van der Waals surface area contributed by atoms with Crippen LogP contribution in [0.25, 0.3) is 0 Å². The number of sulfone groups is 1. The van der Waals surface area contributed by atoms with Crippen molar-refractivity contribution in [2.24, 2.45) is 4.99 Å². The van der Waals surface area contributed by atoms with Gasteiger partial charge in [-0.3, -0.25) is 4.90 Å². The van der Waals surface area contributed by atoms with Crippen LogP contribution in [0.3, 0.4) is 0 Å². The summed E-state index contributed by atoms with van der Waals surface area (Å²) in [6.07, 6.45) is 1.29. The average Bonchev–Trinajstić information content (AvgIpc) is 2.83. The molecule has 142 valence electrons. The van der Waals surface area contributed by atoms with Crippen LogP contribution in [0.5, 0.6) is 11.5 Å². The first kappa shape index (κ1) is 18.0. The van der Waals surface area contributed by atoms with Crippen molar-refractivity contribution >= 4 is 21.4 Å². The molecule has 0 N–H and O–H groups in total. The molecule has 7 heteroatoms. The summed E-state index contributed by atoms with van der Waals surface area (Å²) in [4.78, 5) is 9.38. The van der Waals surface area contributed by atoms with Crippen LogP contribution >= 0.6 is 0 Å². The zero-order valence-corrected chi connectivity index (χ0v) is 16.2. The molecule has 6 nitrogen and oxygen atoms in total. The summed E-state index contributed by atoms with van der Waals surface area (Å²) in [5, 5.41) is 0. The Morgan fingerprint density at radius 3 is 2.37 bits per heavy atom. The van der Waals surface area contributed by atoms with Crippen molar-refractivity contribution in [3.63, 3.8) is 0 Å². The van der Waals surface area contributed by atoms with Crippen LogP contribution in [-0.4, -0.2) is 68.8 Å². The minimum absolute atomic E-state index is 0.206. The number of piperazine rings is 1. The molecule has 27 heavy (non-hydrogen) atoms. The second-order valence-corrected chi connectivity index (χ2v) is 9.22. The fourth-order valence-electron chi connectivity index (χ4n) is 3.39. The van der Waals surface area contributed by atoms with E-state index in [0.29, 0.717) is 6.54 Å². The minimum Gasteiger partial charge on any atom is -0.454 e. The Morgan fingerprint density at radius 1 is 0.963 bits per heavy atom. The maximum atomic E-state index is 11.4. The molecule has 1 fully saturated rings. The fourth-order valence-corrected chi connectivity index (χ4v) is 3.98. The predicted molar refractivity (Wildman–Crippen MR) is 107 cm³/mol. The van der Waals surface area contributed by atoms with Gasteiger partial charge in [-0.25, -0.2) is 13.4 Å². The molecule has 2 aliphatic rings. The highest BCUT2D eigenvalue weighted by Gasteiger charge is 2.25. The van der Waals surface area contributed by atoms with Crippen LogP contribution in [0.4, 0.5) is 5.69 Å². The van der Waals surface area contributed by atoms with Gasteiger partial charge in [0.05, 0.1) is 11.3 Å². The summed E-state index contributed by atoms with van der Waals surface area (Å²) in [6, 6.07) is 15.8. The van der Waals surface area contributed by atoms with E-state index in [-0.39, 0.29) is 5.75 Å². The normalized spacial score (nSPS) is 17.4. The number of hydrogen-bond acceptors (Lipinski definition) is 6. The second kappa shape index (κ2) is 7.32. The number of fused-ring (bicyclic) bond motifs is 2. The molecule has 2 heterocycles. The summed E-state index contributed by atoms with van der Waals surface area (Å²) >= 11 is 0. The minimum atomic E-state index is -2.93. The van der Waals surface area contributed by atoms with Gasteiger partial charge in [-0.15, -0.1) is 0 Å². The Kier molecular flexibility index (Phi) is 4.88. The third-order valence-electron chi connectivity index (χ3n) is 4.89. The third kappa shape index (κ3) is 4.14. The Bertz CT molecular complexity index is 964. The smallest absolute Gasteiger partial charge is 0.153 e. The van der Waals surface area contributed by atoms with E-state index in [4.69, 9.17) is 9.73 Å². The topological polar surface area (TPSA) is 62.2 Å². The molecule has 2 aromatic carbocycles. The SMILES string of the molecule is CS(=O)(=O)CCN1CCN(C2=Nc3ccccc3Oc3ccccc32)CC1. The Labute approximate surface area is 160 Å². The lowest BCUT2D eigenvalue weighted by molar-refractivity contribution is 0.191. The van der Waals surface area contributed by atoms with Crippen molar-refractivity contribution in [1.29, 1.82) is 0 Å². The quantitative estimate of drug-likeness (QED) is 0.813. The van der Waals surface area contributed by atoms with E-state index < -0.39 is 9.84 Å². The molecule has 2 aliphatic heterocycles. The Hall–Kier alpha value is -2.38. The standard InChI is InChI=1S/C20H23N3O3S/c1-27(24,25)15-14-22-10-12-23(13-11-22)20-16-6-2-4-8-18(16)26-19-9-5-3-7-17(19)21-20/h2-9H,10-15H2,1H3. The van der Waals surface area contributed by atoms with Crippen molar-refractivity contribution in [1.82, 2.24) is 9.80 Å². The second-order valence-electron chi connectivity index (χ2n) is 6.96. The molecule has 2 aromatic rings. The van der Waals surface area contributed by atoms with Gasteiger partial charge in [-0.2, -0.15) is 0 Å². The number of ether oxygens (including phenoxy) is 1. The molecule has 0 unspecified atom stereocenters. The highest BCUT2D eigenvalue weighted by molar-refractivity contribution is 7.90. The van der Waals surface area contributed by atoms with Crippen LogP contribution in [0.2, 0.25) is 0 Å². The fraction of sp³-hybridized carbons (Fsp3) is 0.350. The van der Waals surface area contributed by atoms with E-state index in [1.807, 2.05) is 48.5 Å². The van der Waals surface area contributed by atoms with Gasteiger partial charge >= 0.3 is 0 Å². The number of benzene rings is 2. The first-order chi connectivity index (χ1) is 13.0. The van der Waals surface area contributed by atoms with E-state index in [1.54, 1.807) is 0 Å². The number of aliphatic imine (C=N–C) groups is 1. The summed E-state index contributed by atoms with van der Waals surface area (Å²) in [6.45, 7) is 3.83. The van der Waals surface area contributed by atoms with Gasteiger partial charge < -0.3 is 9.64 Å². The van der Waals surface area contributed by atoms with E-state index in [2.05, 4.69) is 9.80 Å². The van der Waals surface area contributed by atoms with Gasteiger partial charge in [0.25, 0.3) is 0 Å². The predicted octanol–water partition coefficient (Wildman–Crippen LogP) is 2.53. The number of para-hydroxylation sites is 3. The molecule has 1 saturated heterocycles.